The zero-order valence-electron chi connectivity index (χ0n) is 9.73. The summed E-state index contributed by atoms with van der Waals surface area (Å²) >= 11 is 0. The van der Waals surface area contributed by atoms with Gasteiger partial charge < -0.3 is 11.5 Å². The molecule has 0 radical (unpaired) electrons. The molecule has 4 N–H and O–H groups in total. The van der Waals surface area contributed by atoms with Gasteiger partial charge in [0.05, 0.1) is 6.54 Å². The Bertz CT molecular complexity index is 324. The van der Waals surface area contributed by atoms with E-state index in [0.717, 1.165) is 11.8 Å². The van der Waals surface area contributed by atoms with Crippen LogP contribution in [0, 0.1) is 5.92 Å². The van der Waals surface area contributed by atoms with Crippen LogP contribution in [0.25, 0.3) is 0 Å². The first-order chi connectivity index (χ1) is 7.69. The Balaban J connectivity index is 0.000000221. The SMILES string of the molecule is CCC1CC1c1ccccc1.NCC(N)=O. The van der Waals surface area contributed by atoms with E-state index in [2.05, 4.69) is 43.0 Å². The van der Waals surface area contributed by atoms with Crippen LogP contribution in [-0.2, 0) is 4.79 Å². The molecule has 88 valence electrons. The maximum Gasteiger partial charge on any atom is 0.231 e. The molecule has 3 heteroatoms. The minimum atomic E-state index is -0.468. The monoisotopic (exact) mass is 220 g/mol. The van der Waals surface area contributed by atoms with Crippen molar-refractivity contribution in [3.05, 3.63) is 35.9 Å². The first kappa shape index (κ1) is 12.7. The maximum absolute atomic E-state index is 9.47. The van der Waals surface area contributed by atoms with Gasteiger partial charge >= 0.3 is 0 Å². The van der Waals surface area contributed by atoms with Crippen LogP contribution in [0.2, 0.25) is 0 Å². The van der Waals surface area contributed by atoms with Crippen molar-refractivity contribution >= 4 is 5.91 Å². The van der Waals surface area contributed by atoms with Crippen molar-refractivity contribution in [2.75, 3.05) is 6.54 Å². The van der Waals surface area contributed by atoms with Crippen molar-refractivity contribution in [1.29, 1.82) is 0 Å². The molecule has 0 spiro atoms. The molecule has 1 fully saturated rings. The molecular formula is C13H20N2O. The highest BCUT2D eigenvalue weighted by Crippen LogP contribution is 2.49. The lowest BCUT2D eigenvalue weighted by atomic mass is 10.1. The molecule has 1 aliphatic rings. The van der Waals surface area contributed by atoms with Gasteiger partial charge in [0, 0.05) is 0 Å². The average Bonchev–Trinajstić information content (AvgIpc) is 3.10. The van der Waals surface area contributed by atoms with Gasteiger partial charge in [0.2, 0.25) is 5.91 Å². The molecule has 2 atom stereocenters. The molecule has 0 heterocycles. The highest BCUT2D eigenvalue weighted by Gasteiger charge is 2.35. The van der Waals surface area contributed by atoms with Crippen LogP contribution in [-0.4, -0.2) is 12.5 Å². The molecule has 3 nitrogen and oxygen atoms in total. The summed E-state index contributed by atoms with van der Waals surface area (Å²) in [4.78, 5) is 9.47. The second kappa shape index (κ2) is 6.28. The Hall–Kier alpha value is -1.35. The summed E-state index contributed by atoms with van der Waals surface area (Å²) in [5.41, 5.74) is 10.8. The second-order valence-corrected chi connectivity index (χ2v) is 4.09. The van der Waals surface area contributed by atoms with E-state index in [9.17, 15) is 4.79 Å². The van der Waals surface area contributed by atoms with Gasteiger partial charge in [-0.05, 0) is 23.8 Å². The zero-order chi connectivity index (χ0) is 12.0. The number of carbonyl (C=O) groups is 1. The number of benzene rings is 1. The molecule has 16 heavy (non-hydrogen) atoms. The van der Waals surface area contributed by atoms with Gasteiger partial charge in [0.1, 0.15) is 0 Å². The Morgan fingerprint density at radius 1 is 1.38 bits per heavy atom. The number of hydrogen-bond donors (Lipinski definition) is 2. The molecule has 0 bridgehead atoms. The number of hydrogen-bond acceptors (Lipinski definition) is 2. The standard InChI is InChI=1S/C11H14.C2H6N2O/c1-2-9-8-11(9)10-6-4-3-5-7-10;3-1-2(4)5/h3-7,9,11H,2,8H2,1H3;1,3H2,(H2,4,5). The van der Waals surface area contributed by atoms with Crippen LogP contribution < -0.4 is 11.5 Å². The summed E-state index contributed by atoms with van der Waals surface area (Å²) in [6.45, 7) is 2.23. The number of amides is 1. The normalized spacial score (nSPS) is 21.9. The minimum absolute atomic E-state index is 0.0556. The van der Waals surface area contributed by atoms with E-state index in [0.29, 0.717) is 0 Å². The lowest BCUT2D eigenvalue weighted by molar-refractivity contribution is -0.116. The Morgan fingerprint density at radius 3 is 2.31 bits per heavy atom. The van der Waals surface area contributed by atoms with Crippen LogP contribution in [0.3, 0.4) is 0 Å². The van der Waals surface area contributed by atoms with Crippen LogP contribution in [0.1, 0.15) is 31.2 Å². The van der Waals surface area contributed by atoms with Crippen molar-refractivity contribution in [3.8, 4) is 0 Å². The van der Waals surface area contributed by atoms with E-state index in [1.807, 2.05) is 0 Å². The van der Waals surface area contributed by atoms with Crippen LogP contribution >= 0.6 is 0 Å². The van der Waals surface area contributed by atoms with E-state index in [1.54, 1.807) is 5.56 Å². The Morgan fingerprint density at radius 2 is 1.94 bits per heavy atom. The van der Waals surface area contributed by atoms with Crippen LogP contribution in [0.5, 0.6) is 0 Å². The first-order valence-corrected chi connectivity index (χ1v) is 5.72. The highest BCUT2D eigenvalue weighted by atomic mass is 16.1. The predicted molar refractivity (Wildman–Crippen MR) is 65.8 cm³/mol. The molecule has 2 rings (SSSR count). The maximum atomic E-state index is 9.47. The van der Waals surface area contributed by atoms with Gasteiger partial charge in [-0.15, -0.1) is 0 Å². The fraction of sp³-hybridized carbons (Fsp3) is 0.462. The molecule has 0 aromatic heterocycles. The van der Waals surface area contributed by atoms with Crippen molar-refractivity contribution in [1.82, 2.24) is 0 Å². The van der Waals surface area contributed by atoms with Crippen LogP contribution in [0.4, 0.5) is 0 Å². The second-order valence-electron chi connectivity index (χ2n) is 4.09. The van der Waals surface area contributed by atoms with Gasteiger partial charge in [-0.2, -0.15) is 0 Å². The van der Waals surface area contributed by atoms with E-state index in [-0.39, 0.29) is 6.54 Å². The lowest BCUT2D eigenvalue weighted by Crippen LogP contribution is -2.21. The largest absolute Gasteiger partial charge is 0.369 e. The quantitative estimate of drug-likeness (QED) is 0.813. The average molecular weight is 220 g/mol. The summed E-state index contributed by atoms with van der Waals surface area (Å²) in [7, 11) is 0. The third-order valence-electron chi connectivity index (χ3n) is 2.88. The lowest BCUT2D eigenvalue weighted by Gasteiger charge is -1.96. The van der Waals surface area contributed by atoms with Gasteiger partial charge in [-0.25, -0.2) is 0 Å². The number of primary amides is 1. The summed E-state index contributed by atoms with van der Waals surface area (Å²) in [6.07, 6.45) is 2.76. The van der Waals surface area contributed by atoms with Gasteiger partial charge in [-0.1, -0.05) is 43.7 Å². The molecule has 1 aromatic rings. The summed E-state index contributed by atoms with van der Waals surface area (Å²) < 4.78 is 0. The third-order valence-corrected chi connectivity index (χ3v) is 2.88. The molecule has 1 aliphatic carbocycles. The molecule has 0 aliphatic heterocycles. The molecule has 2 unspecified atom stereocenters. The van der Waals surface area contributed by atoms with Gasteiger partial charge in [-0.3, -0.25) is 4.79 Å². The smallest absolute Gasteiger partial charge is 0.231 e. The van der Waals surface area contributed by atoms with Gasteiger partial charge in [0.25, 0.3) is 0 Å². The van der Waals surface area contributed by atoms with E-state index >= 15 is 0 Å². The highest BCUT2D eigenvalue weighted by molar-refractivity contribution is 5.75. The molecular weight excluding hydrogens is 200 g/mol. The van der Waals surface area contributed by atoms with E-state index < -0.39 is 5.91 Å². The molecule has 0 saturated heterocycles. The molecule has 1 aromatic carbocycles. The summed E-state index contributed by atoms with van der Waals surface area (Å²) in [6, 6.07) is 10.9. The number of nitrogens with two attached hydrogens (primary N) is 2. The van der Waals surface area contributed by atoms with E-state index in [4.69, 9.17) is 5.73 Å². The summed E-state index contributed by atoms with van der Waals surface area (Å²) in [5, 5.41) is 0. The minimum Gasteiger partial charge on any atom is -0.369 e. The van der Waals surface area contributed by atoms with Crippen molar-refractivity contribution < 1.29 is 4.79 Å². The zero-order valence-corrected chi connectivity index (χ0v) is 9.73. The molecule has 1 saturated carbocycles. The molecule has 1 amide bonds. The van der Waals surface area contributed by atoms with Crippen molar-refractivity contribution in [3.63, 3.8) is 0 Å². The topological polar surface area (TPSA) is 69.1 Å². The van der Waals surface area contributed by atoms with E-state index in [1.165, 1.54) is 12.8 Å². The first-order valence-electron chi connectivity index (χ1n) is 5.72. The summed E-state index contributed by atoms with van der Waals surface area (Å²) in [5.74, 6) is 1.41. The predicted octanol–water partition coefficient (Wildman–Crippen LogP) is 1.63. The fourth-order valence-electron chi connectivity index (χ4n) is 1.81. The third kappa shape index (κ3) is 4.03. The Kier molecular flexibility index (Phi) is 4.99. The Labute approximate surface area is 96.8 Å². The van der Waals surface area contributed by atoms with Crippen LogP contribution in [0.15, 0.2) is 30.3 Å². The number of carbonyl (C=O) groups excluding carboxylic acids is 1. The van der Waals surface area contributed by atoms with Crippen molar-refractivity contribution in [2.45, 2.75) is 25.7 Å². The van der Waals surface area contributed by atoms with Crippen molar-refractivity contribution in [2.24, 2.45) is 17.4 Å². The fourth-order valence-corrected chi connectivity index (χ4v) is 1.81. The number of rotatable bonds is 3. The van der Waals surface area contributed by atoms with Gasteiger partial charge in [0.15, 0.2) is 0 Å².